The number of hydrogen-bond acceptors (Lipinski definition) is 9. The van der Waals surface area contributed by atoms with Crippen molar-refractivity contribution >= 4 is 19.8 Å². The summed E-state index contributed by atoms with van der Waals surface area (Å²) >= 11 is 0. The second kappa shape index (κ2) is 41.8. The lowest BCUT2D eigenvalue weighted by molar-refractivity contribution is -0.870. The van der Waals surface area contributed by atoms with Crippen molar-refractivity contribution in [3.63, 3.8) is 0 Å². The number of hydrogen-bond donors (Lipinski definition) is 3. The van der Waals surface area contributed by atoms with E-state index >= 15 is 0 Å². The maximum absolute atomic E-state index is 12.8. The van der Waals surface area contributed by atoms with E-state index in [1.54, 1.807) is 0 Å². The van der Waals surface area contributed by atoms with Gasteiger partial charge < -0.3 is 29.1 Å². The van der Waals surface area contributed by atoms with Crippen LogP contribution in [0.2, 0.25) is 0 Å². The maximum atomic E-state index is 12.8. The highest BCUT2D eigenvalue weighted by Gasteiger charge is 2.27. The van der Waals surface area contributed by atoms with Gasteiger partial charge in [-0.3, -0.25) is 18.6 Å². The summed E-state index contributed by atoms with van der Waals surface area (Å²) in [5, 5.41) is 20.8. The van der Waals surface area contributed by atoms with E-state index in [0.717, 1.165) is 38.5 Å². The molecular formula is C50H95NO10P+. The molecule has 0 rings (SSSR count). The third-order valence-corrected chi connectivity index (χ3v) is 11.9. The van der Waals surface area contributed by atoms with Gasteiger partial charge in [-0.15, -0.1) is 0 Å². The monoisotopic (exact) mass is 901 g/mol. The average molecular weight is 901 g/mol. The number of likely N-dealkylation sites (N-methyl/N-ethyl adjacent to an activating group) is 1. The van der Waals surface area contributed by atoms with Crippen molar-refractivity contribution in [2.45, 2.75) is 225 Å². The number of phosphoric acid groups is 1. The van der Waals surface area contributed by atoms with E-state index in [0.29, 0.717) is 23.9 Å². The molecule has 0 aromatic heterocycles. The largest absolute Gasteiger partial charge is 0.472 e. The van der Waals surface area contributed by atoms with Crippen LogP contribution >= 0.6 is 7.82 Å². The molecule has 3 unspecified atom stereocenters. The number of carbonyl (C=O) groups is 2. The van der Waals surface area contributed by atoms with Gasteiger partial charge in [0.15, 0.2) is 6.10 Å². The van der Waals surface area contributed by atoms with Crippen molar-refractivity contribution in [1.29, 1.82) is 0 Å². The minimum atomic E-state index is -4.45. The Kier molecular flexibility index (Phi) is 40.6. The second-order valence-electron chi connectivity index (χ2n) is 18.2. The van der Waals surface area contributed by atoms with E-state index in [2.05, 4.69) is 38.2 Å². The highest BCUT2D eigenvalue weighted by atomic mass is 31.2. The number of nitrogens with zero attached hydrogens (tertiary/aromatic N) is 1. The Morgan fingerprint density at radius 1 is 0.565 bits per heavy atom. The van der Waals surface area contributed by atoms with Gasteiger partial charge in [0.25, 0.3) is 0 Å². The molecule has 11 nitrogen and oxygen atoms in total. The van der Waals surface area contributed by atoms with Gasteiger partial charge in [0.1, 0.15) is 19.8 Å². The van der Waals surface area contributed by atoms with Crippen molar-refractivity contribution < 1.29 is 52.3 Å². The molecule has 0 aliphatic carbocycles. The lowest BCUT2D eigenvalue weighted by Gasteiger charge is -2.24. The summed E-state index contributed by atoms with van der Waals surface area (Å²) in [6, 6.07) is 0. The molecule has 0 spiro atoms. The third kappa shape index (κ3) is 43.4. The molecule has 364 valence electrons. The number of carbonyl (C=O) groups excluding carboxylic acids is 2. The minimum Gasteiger partial charge on any atom is -0.462 e. The Balaban J connectivity index is 4.48. The normalized spacial score (nSPS) is 14.8. The van der Waals surface area contributed by atoms with Crippen LogP contribution in [0.3, 0.4) is 0 Å². The Morgan fingerprint density at radius 3 is 1.56 bits per heavy atom. The van der Waals surface area contributed by atoms with Crippen molar-refractivity contribution in [2.24, 2.45) is 0 Å². The summed E-state index contributed by atoms with van der Waals surface area (Å²) < 4.78 is 34.2. The van der Waals surface area contributed by atoms with Crippen LogP contribution in [0.4, 0.5) is 0 Å². The Labute approximate surface area is 379 Å². The van der Waals surface area contributed by atoms with Crippen molar-refractivity contribution in [3.05, 3.63) is 36.5 Å². The highest BCUT2D eigenvalue weighted by molar-refractivity contribution is 7.47. The molecule has 12 heteroatoms. The number of phosphoric ester groups is 1. The van der Waals surface area contributed by atoms with E-state index in [4.69, 9.17) is 18.5 Å². The zero-order valence-corrected chi connectivity index (χ0v) is 41.2. The zero-order chi connectivity index (χ0) is 46.0. The first kappa shape index (κ1) is 60.2. The van der Waals surface area contributed by atoms with Crippen LogP contribution in [0.25, 0.3) is 0 Å². The molecule has 3 N–H and O–H groups in total. The van der Waals surface area contributed by atoms with Gasteiger partial charge in [-0.25, -0.2) is 4.57 Å². The first-order chi connectivity index (χ1) is 29.8. The van der Waals surface area contributed by atoms with Crippen LogP contribution in [0, 0.1) is 0 Å². The first-order valence-corrected chi connectivity index (χ1v) is 26.4. The predicted molar refractivity (Wildman–Crippen MR) is 255 cm³/mol. The second-order valence-corrected chi connectivity index (χ2v) is 19.6. The molecule has 0 aliphatic rings. The molecule has 0 heterocycles. The maximum Gasteiger partial charge on any atom is 0.472 e. The van der Waals surface area contributed by atoms with E-state index in [1.807, 2.05) is 33.3 Å². The molecule has 0 aromatic carbocycles. The summed E-state index contributed by atoms with van der Waals surface area (Å²) in [6.45, 7) is 4.09. The van der Waals surface area contributed by atoms with Crippen LogP contribution in [0.1, 0.15) is 206 Å². The van der Waals surface area contributed by atoms with Crippen molar-refractivity contribution in [2.75, 3.05) is 47.5 Å². The van der Waals surface area contributed by atoms with Crippen LogP contribution < -0.4 is 0 Å². The molecule has 0 fully saturated rings. The van der Waals surface area contributed by atoms with Gasteiger partial charge >= 0.3 is 19.8 Å². The fourth-order valence-corrected chi connectivity index (χ4v) is 7.57. The number of rotatable bonds is 45. The standard InChI is InChI=1S/C50H94NO10P/c1-6-8-10-12-14-16-18-20-21-22-23-24-25-26-28-30-32-34-36-40-50(55)61-46(45-60-62(56,57)59-43-42-51(3,4)5)44-58-49(54)41-37-39-48(53)47(52)38-35-33-31-29-27-19-17-15-13-11-9-7-2/h15,17,27,29,33,35,46-48,52-53H,6-14,16,18-26,28,30-32,34,36-45H2,1-5H3/p+1/b17-15-,29-27-,35-33-/t46-,47?,48?/m1/s1. The minimum absolute atomic E-state index is 0.0122. The van der Waals surface area contributed by atoms with Gasteiger partial charge in [-0.2, -0.15) is 0 Å². The Hall–Kier alpha value is -1.85. The Morgan fingerprint density at radius 2 is 1.03 bits per heavy atom. The molecule has 0 saturated heterocycles. The van der Waals surface area contributed by atoms with Crippen LogP contribution in [0.15, 0.2) is 36.5 Å². The zero-order valence-electron chi connectivity index (χ0n) is 40.3. The van der Waals surface area contributed by atoms with Crippen molar-refractivity contribution in [1.82, 2.24) is 0 Å². The van der Waals surface area contributed by atoms with Gasteiger partial charge in [0.2, 0.25) is 0 Å². The number of quaternary nitrogens is 1. The molecular weight excluding hydrogens is 806 g/mol. The van der Waals surface area contributed by atoms with E-state index in [9.17, 15) is 29.3 Å². The van der Waals surface area contributed by atoms with E-state index < -0.39 is 44.7 Å². The molecule has 4 atom stereocenters. The smallest absolute Gasteiger partial charge is 0.462 e. The van der Waals surface area contributed by atoms with Gasteiger partial charge in [0.05, 0.1) is 40.0 Å². The summed E-state index contributed by atoms with van der Waals surface area (Å²) in [5.41, 5.74) is 0. The summed E-state index contributed by atoms with van der Waals surface area (Å²) in [5.74, 6) is -1.08. The van der Waals surface area contributed by atoms with Crippen molar-refractivity contribution in [3.8, 4) is 0 Å². The number of aliphatic hydroxyl groups excluding tert-OH is 2. The van der Waals surface area contributed by atoms with Gasteiger partial charge in [0, 0.05) is 12.8 Å². The first-order valence-electron chi connectivity index (χ1n) is 24.9. The molecule has 0 aromatic rings. The summed E-state index contributed by atoms with van der Waals surface area (Å²) in [4.78, 5) is 35.5. The van der Waals surface area contributed by atoms with Gasteiger partial charge in [-0.05, 0) is 51.4 Å². The molecule has 0 aliphatic heterocycles. The fourth-order valence-electron chi connectivity index (χ4n) is 6.82. The quantitative estimate of drug-likeness (QED) is 0.0177. The molecule has 62 heavy (non-hydrogen) atoms. The average Bonchev–Trinajstić information content (AvgIpc) is 3.22. The third-order valence-electron chi connectivity index (χ3n) is 10.9. The highest BCUT2D eigenvalue weighted by Crippen LogP contribution is 2.43. The topological polar surface area (TPSA) is 149 Å². The number of esters is 2. The summed E-state index contributed by atoms with van der Waals surface area (Å²) in [7, 11) is 1.33. The lowest BCUT2D eigenvalue weighted by Crippen LogP contribution is -2.37. The SMILES string of the molecule is CCCCC/C=C\C/C=C\C/C=C\CC(O)C(O)CCCC(=O)OC[C@H](COP(=O)(O)OCC[N+](C)(C)C)OC(=O)CCCCCCCCCCCCCCCCCCCCC. The fraction of sp³-hybridized carbons (Fsp3) is 0.840. The van der Waals surface area contributed by atoms with E-state index in [1.165, 1.54) is 116 Å². The van der Waals surface area contributed by atoms with E-state index in [-0.39, 0.29) is 38.9 Å². The molecule has 0 radical (unpaired) electrons. The van der Waals surface area contributed by atoms with Crippen LogP contribution in [-0.4, -0.2) is 97.3 Å². The number of aliphatic hydroxyl groups is 2. The summed E-state index contributed by atoms with van der Waals surface area (Å²) in [6.07, 6.45) is 40.8. The number of allylic oxidation sites excluding steroid dienone is 5. The number of ether oxygens (including phenoxy) is 2. The van der Waals surface area contributed by atoms with Crippen LogP contribution in [0.5, 0.6) is 0 Å². The molecule has 0 saturated carbocycles. The van der Waals surface area contributed by atoms with Crippen LogP contribution in [-0.2, 0) is 32.7 Å². The number of unbranched alkanes of at least 4 members (excludes halogenated alkanes) is 21. The Bertz CT molecular complexity index is 1190. The van der Waals surface area contributed by atoms with Gasteiger partial charge in [-0.1, -0.05) is 179 Å². The lowest BCUT2D eigenvalue weighted by atomic mass is 10.0. The molecule has 0 amide bonds. The predicted octanol–water partition coefficient (Wildman–Crippen LogP) is 12.4. The molecule has 0 bridgehead atoms.